The highest BCUT2D eigenvalue weighted by Gasteiger charge is 2.04. The van der Waals surface area contributed by atoms with E-state index in [1.54, 1.807) is 0 Å². The van der Waals surface area contributed by atoms with Gasteiger partial charge < -0.3 is 5.73 Å². The standard InChI is InChI=1S/C3H7N5/c4-1-3-2-5-7-8-6-3/h3H,1-2,4H2. The smallest absolute Gasteiger partial charge is 0.107 e. The van der Waals surface area contributed by atoms with E-state index >= 15 is 0 Å². The van der Waals surface area contributed by atoms with E-state index in [9.17, 15) is 0 Å². The normalized spacial score (nSPS) is 26.4. The average Bonchev–Trinajstić information content (AvgIpc) is 1.90. The largest absolute Gasteiger partial charge is 0.328 e. The summed E-state index contributed by atoms with van der Waals surface area (Å²) in [5.41, 5.74) is 5.25. The molecule has 0 spiro atoms. The fourth-order valence-corrected chi connectivity index (χ4v) is 0.413. The van der Waals surface area contributed by atoms with Crippen LogP contribution in [0, 0.1) is 0 Å². The van der Waals surface area contributed by atoms with Crippen LogP contribution < -0.4 is 5.73 Å². The molecule has 1 unspecified atom stereocenters. The monoisotopic (exact) mass is 113 g/mol. The van der Waals surface area contributed by atoms with Gasteiger partial charge in [-0.3, -0.25) is 0 Å². The summed E-state index contributed by atoms with van der Waals surface area (Å²) in [7, 11) is 0. The summed E-state index contributed by atoms with van der Waals surface area (Å²) < 4.78 is 0. The van der Waals surface area contributed by atoms with Crippen molar-refractivity contribution in [2.45, 2.75) is 6.04 Å². The Labute approximate surface area is 46.7 Å². The highest BCUT2D eigenvalue weighted by atomic mass is 15.5. The van der Waals surface area contributed by atoms with Crippen LogP contribution in [0.2, 0.25) is 0 Å². The van der Waals surface area contributed by atoms with Gasteiger partial charge in [0.25, 0.3) is 0 Å². The summed E-state index contributed by atoms with van der Waals surface area (Å²) in [4.78, 5) is 0. The SMILES string of the molecule is NCC1CN=NN=N1. The zero-order valence-corrected chi connectivity index (χ0v) is 4.36. The molecule has 0 bridgehead atoms. The van der Waals surface area contributed by atoms with Gasteiger partial charge in [-0.1, -0.05) is 0 Å². The summed E-state index contributed by atoms with van der Waals surface area (Å²) in [6.07, 6.45) is 0. The molecule has 44 valence electrons. The van der Waals surface area contributed by atoms with Crippen molar-refractivity contribution in [3.63, 3.8) is 0 Å². The lowest BCUT2D eigenvalue weighted by atomic mass is 10.3. The van der Waals surface area contributed by atoms with E-state index in [0.717, 1.165) is 0 Å². The maximum absolute atomic E-state index is 5.25. The summed E-state index contributed by atoms with van der Waals surface area (Å²) in [6.45, 7) is 1.09. The molecule has 0 aliphatic carbocycles. The van der Waals surface area contributed by atoms with Gasteiger partial charge in [0.1, 0.15) is 6.04 Å². The van der Waals surface area contributed by atoms with Gasteiger partial charge in [-0.15, -0.1) is 0 Å². The Kier molecular flexibility index (Phi) is 1.63. The Morgan fingerprint density at radius 2 is 2.38 bits per heavy atom. The molecule has 0 aromatic carbocycles. The van der Waals surface area contributed by atoms with Crippen molar-refractivity contribution in [3.05, 3.63) is 0 Å². The molecule has 0 aromatic heterocycles. The van der Waals surface area contributed by atoms with E-state index in [2.05, 4.69) is 20.7 Å². The van der Waals surface area contributed by atoms with Gasteiger partial charge in [0.15, 0.2) is 0 Å². The van der Waals surface area contributed by atoms with Crippen molar-refractivity contribution in [1.82, 2.24) is 0 Å². The fraction of sp³-hybridized carbons (Fsp3) is 1.00. The van der Waals surface area contributed by atoms with Crippen molar-refractivity contribution in [1.29, 1.82) is 0 Å². The molecule has 0 saturated carbocycles. The van der Waals surface area contributed by atoms with Crippen LogP contribution >= 0.6 is 0 Å². The molecule has 0 fully saturated rings. The van der Waals surface area contributed by atoms with Crippen LogP contribution in [-0.4, -0.2) is 19.1 Å². The fourth-order valence-electron chi connectivity index (χ4n) is 0.413. The first-order valence-corrected chi connectivity index (χ1v) is 2.40. The summed E-state index contributed by atoms with van der Waals surface area (Å²) >= 11 is 0. The Hall–Kier alpha value is -0.840. The van der Waals surface area contributed by atoms with Crippen LogP contribution in [0.4, 0.5) is 0 Å². The Balaban J connectivity index is 2.40. The Bertz CT molecular complexity index is 117. The van der Waals surface area contributed by atoms with Crippen LogP contribution in [-0.2, 0) is 0 Å². The molecule has 1 rings (SSSR count). The predicted octanol–water partition coefficient (Wildman–Crippen LogP) is 0.147. The molecule has 1 aliphatic rings. The average molecular weight is 113 g/mol. The minimum absolute atomic E-state index is 0.0625. The van der Waals surface area contributed by atoms with E-state index in [1.807, 2.05) is 0 Å². The van der Waals surface area contributed by atoms with Crippen LogP contribution in [0.5, 0.6) is 0 Å². The first-order valence-electron chi connectivity index (χ1n) is 2.40. The third-order valence-electron chi connectivity index (χ3n) is 0.883. The molecule has 0 aromatic rings. The van der Waals surface area contributed by atoms with Crippen LogP contribution in [0.15, 0.2) is 20.7 Å². The first kappa shape index (κ1) is 5.30. The van der Waals surface area contributed by atoms with Gasteiger partial charge in [0, 0.05) is 6.54 Å². The van der Waals surface area contributed by atoms with E-state index in [4.69, 9.17) is 5.73 Å². The van der Waals surface area contributed by atoms with Crippen LogP contribution in [0.1, 0.15) is 0 Å². The maximum atomic E-state index is 5.25. The van der Waals surface area contributed by atoms with Gasteiger partial charge in [0.2, 0.25) is 0 Å². The van der Waals surface area contributed by atoms with Crippen molar-refractivity contribution in [3.8, 4) is 0 Å². The van der Waals surface area contributed by atoms with Crippen LogP contribution in [0.25, 0.3) is 0 Å². The molecule has 1 heterocycles. The predicted molar refractivity (Wildman–Crippen MR) is 27.4 cm³/mol. The zero-order chi connectivity index (χ0) is 5.82. The molecular weight excluding hydrogens is 106 g/mol. The second-order valence-corrected chi connectivity index (χ2v) is 1.51. The molecule has 0 saturated heterocycles. The second kappa shape index (κ2) is 2.46. The van der Waals surface area contributed by atoms with E-state index in [-0.39, 0.29) is 6.04 Å². The van der Waals surface area contributed by atoms with E-state index in [0.29, 0.717) is 13.1 Å². The molecule has 2 N–H and O–H groups in total. The van der Waals surface area contributed by atoms with E-state index < -0.39 is 0 Å². The molecule has 5 nitrogen and oxygen atoms in total. The molecule has 1 aliphatic heterocycles. The number of nitrogens with two attached hydrogens (primary N) is 1. The minimum atomic E-state index is 0.0625. The third kappa shape index (κ3) is 1.06. The summed E-state index contributed by atoms with van der Waals surface area (Å²) in [5, 5.41) is 13.9. The number of nitrogens with zero attached hydrogens (tertiary/aromatic N) is 4. The van der Waals surface area contributed by atoms with Crippen LogP contribution in [0.3, 0.4) is 0 Å². The maximum Gasteiger partial charge on any atom is 0.107 e. The van der Waals surface area contributed by atoms with Crippen molar-refractivity contribution >= 4 is 0 Å². The topological polar surface area (TPSA) is 75.5 Å². The van der Waals surface area contributed by atoms with Gasteiger partial charge in [-0.25, -0.2) is 0 Å². The van der Waals surface area contributed by atoms with Gasteiger partial charge >= 0.3 is 0 Å². The molecule has 1 atom stereocenters. The van der Waals surface area contributed by atoms with Gasteiger partial charge in [0.05, 0.1) is 6.54 Å². The Morgan fingerprint density at radius 1 is 1.50 bits per heavy atom. The highest BCUT2D eigenvalue weighted by molar-refractivity contribution is 4.67. The lowest BCUT2D eigenvalue weighted by Crippen LogP contribution is -2.21. The molecule has 5 heteroatoms. The summed E-state index contributed by atoms with van der Waals surface area (Å²) in [6, 6.07) is 0.0625. The first-order chi connectivity index (χ1) is 3.93. The molecule has 0 amide bonds. The zero-order valence-electron chi connectivity index (χ0n) is 4.36. The van der Waals surface area contributed by atoms with Crippen molar-refractivity contribution < 1.29 is 0 Å². The molecular formula is C3H7N5. The minimum Gasteiger partial charge on any atom is -0.328 e. The molecule has 8 heavy (non-hydrogen) atoms. The van der Waals surface area contributed by atoms with Crippen molar-refractivity contribution in [2.75, 3.05) is 13.1 Å². The number of hydrogen-bond acceptors (Lipinski definition) is 5. The number of hydrogen-bond donors (Lipinski definition) is 1. The van der Waals surface area contributed by atoms with Gasteiger partial charge in [-0.05, 0) is 10.4 Å². The Morgan fingerprint density at radius 3 is 2.75 bits per heavy atom. The lowest BCUT2D eigenvalue weighted by Gasteiger charge is -2.03. The highest BCUT2D eigenvalue weighted by Crippen LogP contribution is 1.97. The number of rotatable bonds is 1. The summed E-state index contributed by atoms with van der Waals surface area (Å²) in [5.74, 6) is 0. The molecule has 0 radical (unpaired) electrons. The third-order valence-corrected chi connectivity index (χ3v) is 0.883. The quantitative estimate of drug-likeness (QED) is 0.516. The van der Waals surface area contributed by atoms with E-state index in [1.165, 1.54) is 0 Å². The van der Waals surface area contributed by atoms with Crippen molar-refractivity contribution in [2.24, 2.45) is 26.4 Å². The second-order valence-electron chi connectivity index (χ2n) is 1.51. The lowest BCUT2D eigenvalue weighted by molar-refractivity contribution is 0.582. The van der Waals surface area contributed by atoms with Gasteiger partial charge in [-0.2, -0.15) is 10.2 Å².